The molecule has 1 amide bonds. The number of pyridine rings is 1. The maximum atomic E-state index is 12.3. The van der Waals surface area contributed by atoms with Crippen molar-refractivity contribution in [2.45, 2.75) is 0 Å². The highest BCUT2D eigenvalue weighted by Crippen LogP contribution is 2.35. The summed E-state index contributed by atoms with van der Waals surface area (Å²) in [5, 5.41) is 7.67. The van der Waals surface area contributed by atoms with Gasteiger partial charge in [0.25, 0.3) is 5.91 Å². The minimum atomic E-state index is -0.204. The lowest BCUT2D eigenvalue weighted by molar-refractivity contribution is 0.0955. The third kappa shape index (κ3) is 4.97. The summed E-state index contributed by atoms with van der Waals surface area (Å²) in [7, 11) is 0. The standard InChI is InChI=1S/C25H18Cl3N7O/c26-16-3-6-18(7-4-16)35-23(19-8-5-17(27)12-20(19)28)34-21-22(32-14-33-24(21)35)30-10-11-31-25(36)15-2-1-9-29-13-15/h1-9,12-14H,10-11H2,(H,31,36)(H,30,32,33). The van der Waals surface area contributed by atoms with Crippen LogP contribution in [0.4, 0.5) is 5.82 Å². The van der Waals surface area contributed by atoms with Crippen molar-refractivity contribution in [3.8, 4) is 17.1 Å². The first kappa shape index (κ1) is 24.0. The Morgan fingerprint density at radius 1 is 0.944 bits per heavy atom. The normalized spacial score (nSPS) is 11.0. The second-order valence-electron chi connectivity index (χ2n) is 7.69. The van der Waals surface area contributed by atoms with Crippen LogP contribution in [0.25, 0.3) is 28.2 Å². The summed E-state index contributed by atoms with van der Waals surface area (Å²) in [6.45, 7) is 0.788. The van der Waals surface area contributed by atoms with Crippen molar-refractivity contribution >= 4 is 57.7 Å². The van der Waals surface area contributed by atoms with Gasteiger partial charge in [-0.25, -0.2) is 15.0 Å². The molecule has 0 saturated heterocycles. The van der Waals surface area contributed by atoms with Gasteiger partial charge in [-0.3, -0.25) is 14.3 Å². The van der Waals surface area contributed by atoms with Gasteiger partial charge in [0.1, 0.15) is 12.2 Å². The van der Waals surface area contributed by atoms with E-state index in [4.69, 9.17) is 39.8 Å². The SMILES string of the molecule is O=C(NCCNc1ncnc2c1nc(-c1ccc(Cl)cc1Cl)n2-c1ccc(Cl)cc1)c1cccnc1. The van der Waals surface area contributed by atoms with Gasteiger partial charge < -0.3 is 10.6 Å². The molecule has 11 heteroatoms. The van der Waals surface area contributed by atoms with Crippen molar-refractivity contribution in [1.29, 1.82) is 0 Å². The van der Waals surface area contributed by atoms with Crippen LogP contribution in [0.2, 0.25) is 15.1 Å². The monoisotopic (exact) mass is 537 g/mol. The molecule has 3 aromatic heterocycles. The highest BCUT2D eigenvalue weighted by Gasteiger charge is 2.20. The molecule has 0 atom stereocenters. The summed E-state index contributed by atoms with van der Waals surface area (Å²) in [4.78, 5) is 30.0. The number of carbonyl (C=O) groups is 1. The Bertz CT molecular complexity index is 1540. The van der Waals surface area contributed by atoms with Crippen molar-refractivity contribution in [1.82, 2.24) is 29.8 Å². The fourth-order valence-corrected chi connectivity index (χ4v) is 4.28. The van der Waals surface area contributed by atoms with E-state index in [0.29, 0.717) is 62.1 Å². The quantitative estimate of drug-likeness (QED) is 0.259. The molecule has 2 aromatic carbocycles. The van der Waals surface area contributed by atoms with E-state index in [1.54, 1.807) is 42.6 Å². The maximum absolute atomic E-state index is 12.3. The van der Waals surface area contributed by atoms with Crippen LogP contribution in [0.1, 0.15) is 10.4 Å². The van der Waals surface area contributed by atoms with Gasteiger partial charge >= 0.3 is 0 Å². The van der Waals surface area contributed by atoms with Crippen molar-refractivity contribution < 1.29 is 4.79 Å². The molecule has 36 heavy (non-hydrogen) atoms. The van der Waals surface area contributed by atoms with E-state index >= 15 is 0 Å². The third-order valence-electron chi connectivity index (χ3n) is 5.33. The van der Waals surface area contributed by atoms with Crippen LogP contribution in [-0.2, 0) is 0 Å². The predicted molar refractivity (Wildman–Crippen MR) is 142 cm³/mol. The summed E-state index contributed by atoms with van der Waals surface area (Å²) >= 11 is 18.8. The van der Waals surface area contributed by atoms with Gasteiger partial charge in [-0.1, -0.05) is 34.8 Å². The Morgan fingerprint density at radius 3 is 2.50 bits per heavy atom. The highest BCUT2D eigenvalue weighted by molar-refractivity contribution is 6.36. The molecule has 0 spiro atoms. The number of hydrogen-bond acceptors (Lipinski definition) is 6. The molecule has 0 radical (unpaired) electrons. The first-order chi connectivity index (χ1) is 17.5. The second-order valence-corrected chi connectivity index (χ2v) is 8.97. The van der Waals surface area contributed by atoms with E-state index in [2.05, 4.69) is 25.6 Å². The lowest BCUT2D eigenvalue weighted by Gasteiger charge is -2.10. The van der Waals surface area contributed by atoms with Crippen LogP contribution in [0.3, 0.4) is 0 Å². The number of nitrogens with one attached hydrogen (secondary N) is 2. The highest BCUT2D eigenvalue weighted by atomic mass is 35.5. The van der Waals surface area contributed by atoms with Crippen molar-refractivity contribution in [2.75, 3.05) is 18.4 Å². The number of aromatic nitrogens is 5. The Hall–Kier alpha value is -3.72. The summed E-state index contributed by atoms with van der Waals surface area (Å²) < 4.78 is 1.89. The van der Waals surface area contributed by atoms with E-state index in [1.807, 2.05) is 22.8 Å². The van der Waals surface area contributed by atoms with Crippen LogP contribution in [-0.4, -0.2) is 43.5 Å². The van der Waals surface area contributed by atoms with Gasteiger partial charge in [-0.2, -0.15) is 0 Å². The Balaban J connectivity index is 1.48. The molecule has 0 aliphatic rings. The molecule has 3 heterocycles. The predicted octanol–water partition coefficient (Wildman–Crippen LogP) is 5.68. The number of hydrogen-bond donors (Lipinski definition) is 2. The number of amides is 1. The smallest absolute Gasteiger partial charge is 0.252 e. The van der Waals surface area contributed by atoms with Crippen LogP contribution in [0.5, 0.6) is 0 Å². The molecule has 0 bridgehead atoms. The topological polar surface area (TPSA) is 97.6 Å². The van der Waals surface area contributed by atoms with Crippen LogP contribution in [0.15, 0.2) is 73.3 Å². The van der Waals surface area contributed by atoms with Crippen LogP contribution < -0.4 is 10.6 Å². The van der Waals surface area contributed by atoms with Crippen molar-refractivity contribution in [3.63, 3.8) is 0 Å². The first-order valence-corrected chi connectivity index (χ1v) is 12.0. The number of carbonyl (C=O) groups excluding carboxylic acids is 1. The summed E-state index contributed by atoms with van der Waals surface area (Å²) in [6.07, 6.45) is 4.59. The minimum Gasteiger partial charge on any atom is -0.366 e. The molecule has 0 unspecified atom stereocenters. The van der Waals surface area contributed by atoms with Gasteiger partial charge in [0.15, 0.2) is 17.0 Å². The summed E-state index contributed by atoms with van der Waals surface area (Å²) in [5.41, 5.74) is 3.11. The fourth-order valence-electron chi connectivity index (χ4n) is 3.66. The zero-order valence-corrected chi connectivity index (χ0v) is 20.9. The zero-order valence-electron chi connectivity index (χ0n) is 18.6. The molecular weight excluding hydrogens is 521 g/mol. The summed E-state index contributed by atoms with van der Waals surface area (Å²) in [6, 6.07) is 16.0. The first-order valence-electron chi connectivity index (χ1n) is 10.9. The minimum absolute atomic E-state index is 0.204. The number of nitrogens with zero attached hydrogens (tertiary/aromatic N) is 5. The average Bonchev–Trinajstić information content (AvgIpc) is 3.27. The molecule has 8 nitrogen and oxygen atoms in total. The Kier molecular flexibility index (Phi) is 6.99. The largest absolute Gasteiger partial charge is 0.366 e. The molecule has 2 N–H and O–H groups in total. The maximum Gasteiger partial charge on any atom is 0.252 e. The van der Waals surface area contributed by atoms with E-state index in [0.717, 1.165) is 5.69 Å². The Labute approximate surface area is 221 Å². The van der Waals surface area contributed by atoms with Crippen LogP contribution in [0, 0.1) is 0 Å². The van der Waals surface area contributed by atoms with Gasteiger partial charge in [0, 0.05) is 46.8 Å². The van der Waals surface area contributed by atoms with E-state index in [9.17, 15) is 4.79 Å². The van der Waals surface area contributed by atoms with E-state index < -0.39 is 0 Å². The molecule has 5 rings (SSSR count). The van der Waals surface area contributed by atoms with Gasteiger partial charge in [0.05, 0.1) is 10.6 Å². The number of halogens is 3. The van der Waals surface area contributed by atoms with Gasteiger partial charge in [0.2, 0.25) is 0 Å². The molecule has 180 valence electrons. The van der Waals surface area contributed by atoms with Crippen molar-refractivity contribution in [3.05, 3.63) is 93.9 Å². The molecule has 0 saturated carbocycles. The molecular formula is C25H18Cl3N7O. The average molecular weight is 539 g/mol. The van der Waals surface area contributed by atoms with E-state index in [-0.39, 0.29) is 5.91 Å². The number of anilines is 1. The molecule has 0 aliphatic heterocycles. The lowest BCUT2D eigenvalue weighted by atomic mass is 10.2. The van der Waals surface area contributed by atoms with Crippen LogP contribution >= 0.6 is 34.8 Å². The fraction of sp³-hybridized carbons (Fsp3) is 0.0800. The van der Waals surface area contributed by atoms with E-state index in [1.165, 1.54) is 12.5 Å². The second kappa shape index (κ2) is 10.5. The lowest BCUT2D eigenvalue weighted by Crippen LogP contribution is -2.29. The zero-order chi connectivity index (χ0) is 25.1. The number of fused-ring (bicyclic) bond motifs is 1. The molecule has 0 aliphatic carbocycles. The third-order valence-corrected chi connectivity index (χ3v) is 6.13. The van der Waals surface area contributed by atoms with Gasteiger partial charge in [-0.05, 0) is 54.6 Å². The number of imidazole rings is 1. The number of rotatable bonds is 7. The molecule has 5 aromatic rings. The summed E-state index contributed by atoms with van der Waals surface area (Å²) in [5.74, 6) is 0.890. The number of benzene rings is 2. The van der Waals surface area contributed by atoms with Crippen molar-refractivity contribution in [2.24, 2.45) is 0 Å². The van der Waals surface area contributed by atoms with Gasteiger partial charge in [-0.15, -0.1) is 0 Å². The Morgan fingerprint density at radius 2 is 1.75 bits per heavy atom. The molecule has 0 fully saturated rings.